The van der Waals surface area contributed by atoms with E-state index in [9.17, 15) is 22.8 Å². The number of amides is 1. The van der Waals surface area contributed by atoms with E-state index in [2.05, 4.69) is 5.32 Å². The normalized spacial score (nSPS) is 10.3. The molecule has 0 unspecified atom stereocenters. The molecule has 104 valence electrons. The zero-order chi connectivity index (χ0) is 14.9. The number of carbonyl (C=O) groups is 2. The molecule has 0 bridgehead atoms. The van der Waals surface area contributed by atoms with Crippen LogP contribution in [0.2, 0.25) is 0 Å². The Hall–Kier alpha value is -2.35. The van der Waals surface area contributed by atoms with Crippen LogP contribution in [0.15, 0.2) is 24.3 Å². The maximum atomic E-state index is 13.0. The predicted molar refractivity (Wildman–Crippen MR) is 65.5 cm³/mol. The van der Waals surface area contributed by atoms with Crippen molar-refractivity contribution in [3.63, 3.8) is 0 Å². The third-order valence-electron chi connectivity index (χ3n) is 2.28. The summed E-state index contributed by atoms with van der Waals surface area (Å²) in [4.78, 5) is 22.4. The monoisotopic (exact) mass is 301 g/mol. The van der Waals surface area contributed by atoms with Gasteiger partial charge in [0.25, 0.3) is 5.91 Å². The zero-order valence-corrected chi connectivity index (χ0v) is 10.4. The number of carbonyl (C=O) groups excluding carboxylic acids is 1. The number of halogens is 3. The second-order valence-corrected chi connectivity index (χ2v) is 4.76. The van der Waals surface area contributed by atoms with Crippen LogP contribution in [-0.2, 0) is 0 Å². The highest BCUT2D eigenvalue weighted by molar-refractivity contribution is 7.15. The second kappa shape index (κ2) is 5.33. The average Bonchev–Trinajstić information content (AvgIpc) is 2.85. The summed E-state index contributed by atoms with van der Waals surface area (Å²) >= 11 is 0.707. The van der Waals surface area contributed by atoms with E-state index in [1.54, 1.807) is 0 Å². The highest BCUT2D eigenvalue weighted by atomic mass is 32.1. The minimum absolute atomic E-state index is 0.0486. The summed E-state index contributed by atoms with van der Waals surface area (Å²) in [5.41, 5.74) is -0.267. The Kier molecular flexibility index (Phi) is 3.75. The molecule has 0 aliphatic carbocycles. The van der Waals surface area contributed by atoms with E-state index < -0.39 is 29.3 Å². The lowest BCUT2D eigenvalue weighted by Gasteiger charge is -2.04. The number of benzene rings is 1. The number of carboxylic acids is 1. The van der Waals surface area contributed by atoms with Gasteiger partial charge >= 0.3 is 5.97 Å². The van der Waals surface area contributed by atoms with Gasteiger partial charge < -0.3 is 10.4 Å². The molecule has 1 aromatic heterocycles. The molecule has 2 N–H and O–H groups in total. The number of aromatic carboxylic acids is 1. The molecule has 0 saturated heterocycles. The van der Waals surface area contributed by atoms with Crippen LogP contribution in [0.5, 0.6) is 0 Å². The summed E-state index contributed by atoms with van der Waals surface area (Å²) in [7, 11) is 0. The van der Waals surface area contributed by atoms with Crippen molar-refractivity contribution >= 4 is 28.9 Å². The average molecular weight is 301 g/mol. The zero-order valence-electron chi connectivity index (χ0n) is 9.62. The van der Waals surface area contributed by atoms with Gasteiger partial charge in [-0.3, -0.25) is 4.79 Å². The van der Waals surface area contributed by atoms with E-state index in [1.165, 1.54) is 12.1 Å². The lowest BCUT2D eigenvalue weighted by molar-refractivity contribution is 0.0702. The quantitative estimate of drug-likeness (QED) is 0.856. The van der Waals surface area contributed by atoms with Gasteiger partial charge in [-0.2, -0.15) is 0 Å². The number of thiophene rings is 1. The third-order valence-corrected chi connectivity index (χ3v) is 3.35. The van der Waals surface area contributed by atoms with Gasteiger partial charge in [0, 0.05) is 17.8 Å². The molecule has 1 amide bonds. The molecule has 0 saturated carbocycles. The maximum absolute atomic E-state index is 13.0. The summed E-state index contributed by atoms with van der Waals surface area (Å²) in [5, 5.41) is 10.9. The Morgan fingerprint density at radius 2 is 1.60 bits per heavy atom. The smallest absolute Gasteiger partial charge is 0.345 e. The van der Waals surface area contributed by atoms with Crippen molar-refractivity contribution in [3.8, 4) is 0 Å². The number of nitrogens with one attached hydrogen (secondary N) is 1. The van der Waals surface area contributed by atoms with Crippen molar-refractivity contribution < 1.29 is 27.9 Å². The van der Waals surface area contributed by atoms with Gasteiger partial charge in [0.2, 0.25) is 0 Å². The fraction of sp³-hybridized carbons (Fsp3) is 0. The van der Waals surface area contributed by atoms with Gasteiger partial charge in [0.1, 0.15) is 4.88 Å². The molecule has 0 fully saturated rings. The van der Waals surface area contributed by atoms with Crippen molar-refractivity contribution in [1.29, 1.82) is 0 Å². The first-order valence-electron chi connectivity index (χ1n) is 5.17. The lowest BCUT2D eigenvalue weighted by Crippen LogP contribution is -2.11. The fourth-order valence-electron chi connectivity index (χ4n) is 1.40. The van der Waals surface area contributed by atoms with Gasteiger partial charge in [-0.1, -0.05) is 0 Å². The molecule has 8 heteroatoms. The Bertz CT molecular complexity index is 676. The van der Waals surface area contributed by atoms with Gasteiger partial charge in [-0.25, -0.2) is 18.0 Å². The summed E-state index contributed by atoms with van der Waals surface area (Å²) in [6.45, 7) is 0. The van der Waals surface area contributed by atoms with Crippen LogP contribution in [-0.4, -0.2) is 17.0 Å². The number of hydrogen-bond donors (Lipinski definition) is 2. The van der Waals surface area contributed by atoms with Crippen LogP contribution in [0.4, 0.5) is 18.9 Å². The fourth-order valence-corrected chi connectivity index (χ4v) is 2.14. The second-order valence-electron chi connectivity index (χ2n) is 3.68. The molecule has 1 aromatic carbocycles. The first-order valence-corrected chi connectivity index (χ1v) is 5.99. The predicted octanol–water partition coefficient (Wildman–Crippen LogP) is 3.12. The van der Waals surface area contributed by atoms with E-state index in [0.29, 0.717) is 23.5 Å². The van der Waals surface area contributed by atoms with Gasteiger partial charge in [0.15, 0.2) is 17.5 Å². The lowest BCUT2D eigenvalue weighted by atomic mass is 10.2. The molecule has 0 spiro atoms. The molecule has 0 aliphatic heterocycles. The van der Waals surface area contributed by atoms with E-state index in [0.717, 1.165) is 0 Å². The van der Waals surface area contributed by atoms with Crippen molar-refractivity contribution in [3.05, 3.63) is 51.5 Å². The number of rotatable bonds is 3. The van der Waals surface area contributed by atoms with Crippen LogP contribution >= 0.6 is 11.3 Å². The number of anilines is 1. The summed E-state index contributed by atoms with van der Waals surface area (Å²) in [5.74, 6) is -6.43. The molecule has 0 radical (unpaired) electrons. The summed E-state index contributed by atoms with van der Waals surface area (Å²) in [6.07, 6.45) is 0. The molecular formula is C12H6F3NO3S. The van der Waals surface area contributed by atoms with Crippen LogP contribution in [0.3, 0.4) is 0 Å². The third kappa shape index (κ3) is 2.80. The van der Waals surface area contributed by atoms with E-state index in [1.807, 2.05) is 0 Å². The standard InChI is InChI=1S/C12H6F3NO3S/c13-6-3-5(4-7(14)10(6)15)16-11(17)8-1-2-9(20-8)12(18)19/h1-4H,(H,16,17)(H,18,19). The minimum Gasteiger partial charge on any atom is -0.477 e. The highest BCUT2D eigenvalue weighted by Gasteiger charge is 2.15. The van der Waals surface area contributed by atoms with Gasteiger partial charge in [0.05, 0.1) is 4.88 Å². The maximum Gasteiger partial charge on any atom is 0.345 e. The van der Waals surface area contributed by atoms with Crippen LogP contribution in [0.1, 0.15) is 19.3 Å². The number of hydrogen-bond acceptors (Lipinski definition) is 3. The van der Waals surface area contributed by atoms with Crippen molar-refractivity contribution in [2.45, 2.75) is 0 Å². The minimum atomic E-state index is -1.63. The summed E-state index contributed by atoms with van der Waals surface area (Å²) < 4.78 is 38.7. The number of carboxylic acid groups (broad SMARTS) is 1. The van der Waals surface area contributed by atoms with Crippen molar-refractivity contribution in [2.24, 2.45) is 0 Å². The van der Waals surface area contributed by atoms with Gasteiger partial charge in [-0.05, 0) is 12.1 Å². The molecule has 0 aliphatic rings. The van der Waals surface area contributed by atoms with Crippen LogP contribution in [0, 0.1) is 17.5 Å². The highest BCUT2D eigenvalue weighted by Crippen LogP contribution is 2.21. The van der Waals surface area contributed by atoms with Crippen molar-refractivity contribution in [1.82, 2.24) is 0 Å². The Morgan fingerprint density at radius 3 is 2.10 bits per heavy atom. The first-order chi connectivity index (χ1) is 9.38. The molecule has 2 rings (SSSR count). The van der Waals surface area contributed by atoms with E-state index in [-0.39, 0.29) is 15.4 Å². The molecule has 0 atom stereocenters. The summed E-state index contributed by atoms with van der Waals surface area (Å²) in [6, 6.07) is 3.75. The Morgan fingerprint density at radius 1 is 1.05 bits per heavy atom. The van der Waals surface area contributed by atoms with E-state index in [4.69, 9.17) is 5.11 Å². The van der Waals surface area contributed by atoms with Crippen molar-refractivity contribution in [2.75, 3.05) is 5.32 Å². The largest absolute Gasteiger partial charge is 0.477 e. The molecular weight excluding hydrogens is 295 g/mol. The Balaban J connectivity index is 2.21. The van der Waals surface area contributed by atoms with E-state index >= 15 is 0 Å². The SMILES string of the molecule is O=C(O)c1ccc(C(=O)Nc2cc(F)c(F)c(F)c2)s1. The van der Waals surface area contributed by atoms with Crippen LogP contribution in [0.25, 0.3) is 0 Å². The molecule has 1 heterocycles. The molecule has 4 nitrogen and oxygen atoms in total. The topological polar surface area (TPSA) is 66.4 Å². The Labute approximate surface area is 114 Å². The van der Waals surface area contributed by atoms with Gasteiger partial charge in [-0.15, -0.1) is 11.3 Å². The van der Waals surface area contributed by atoms with Crippen LogP contribution < -0.4 is 5.32 Å². The molecule has 20 heavy (non-hydrogen) atoms. The first kappa shape index (κ1) is 14.1. The molecule has 2 aromatic rings.